The van der Waals surface area contributed by atoms with E-state index in [0.29, 0.717) is 22.3 Å². The molecule has 4 heterocycles. The third-order valence-electron chi connectivity index (χ3n) is 9.18. The molecule has 0 unspecified atom stereocenters. The summed E-state index contributed by atoms with van der Waals surface area (Å²) >= 11 is 0. The molecule has 8 heteroatoms. The summed E-state index contributed by atoms with van der Waals surface area (Å²) in [5, 5.41) is 4.53. The van der Waals surface area contributed by atoms with Crippen LogP contribution in [0.4, 0.5) is 11.5 Å². The van der Waals surface area contributed by atoms with Gasteiger partial charge in [0, 0.05) is 54.0 Å². The minimum absolute atomic E-state index is 0.0160. The molecule has 228 valence electrons. The van der Waals surface area contributed by atoms with Gasteiger partial charge >= 0.3 is 0 Å². The van der Waals surface area contributed by atoms with E-state index in [2.05, 4.69) is 68.1 Å². The van der Waals surface area contributed by atoms with E-state index in [1.54, 1.807) is 12.4 Å². The number of benzene rings is 1. The SMILES string of the molecule is Cc1cc([C@@H](C)Nc2ccc(C)nc2N2CCC(O[Si](C)(C)C(C)(C)C)CC2)c2oc(-c3cccnc3)c(C)c(=O)c2c1. The Bertz CT molecular complexity index is 1670. The van der Waals surface area contributed by atoms with E-state index in [4.69, 9.17) is 13.8 Å². The number of anilines is 2. The van der Waals surface area contributed by atoms with E-state index in [1.165, 1.54) is 0 Å². The Balaban J connectivity index is 1.44. The summed E-state index contributed by atoms with van der Waals surface area (Å²) in [7, 11) is -1.81. The Hall–Kier alpha value is -3.49. The second-order valence-electron chi connectivity index (χ2n) is 13.6. The monoisotopic (exact) mass is 598 g/mol. The molecule has 7 nitrogen and oxygen atoms in total. The first kappa shape index (κ1) is 30.9. The van der Waals surface area contributed by atoms with Crippen LogP contribution in [-0.2, 0) is 4.43 Å². The Morgan fingerprint density at radius 1 is 1.09 bits per heavy atom. The molecule has 3 aromatic heterocycles. The molecular weight excluding hydrogens is 552 g/mol. The molecule has 0 saturated carbocycles. The second kappa shape index (κ2) is 11.9. The molecule has 1 aliphatic heterocycles. The van der Waals surface area contributed by atoms with Crippen LogP contribution in [0.3, 0.4) is 0 Å². The van der Waals surface area contributed by atoms with Crippen molar-refractivity contribution in [3.8, 4) is 11.3 Å². The third-order valence-corrected chi connectivity index (χ3v) is 13.7. The summed E-state index contributed by atoms with van der Waals surface area (Å²) in [6.07, 6.45) is 5.71. The third kappa shape index (κ3) is 6.41. The van der Waals surface area contributed by atoms with Gasteiger partial charge in [-0.1, -0.05) is 26.8 Å². The van der Waals surface area contributed by atoms with Crippen molar-refractivity contribution in [3.63, 3.8) is 0 Å². The van der Waals surface area contributed by atoms with E-state index >= 15 is 0 Å². The van der Waals surface area contributed by atoms with Crippen molar-refractivity contribution in [1.82, 2.24) is 9.97 Å². The molecule has 1 N–H and O–H groups in total. The van der Waals surface area contributed by atoms with Crippen molar-refractivity contribution in [2.75, 3.05) is 23.3 Å². The van der Waals surface area contributed by atoms with Crippen LogP contribution < -0.4 is 15.6 Å². The zero-order valence-electron chi connectivity index (χ0n) is 27.2. The molecule has 4 aromatic rings. The van der Waals surface area contributed by atoms with Crippen LogP contribution >= 0.6 is 0 Å². The number of fused-ring (bicyclic) bond motifs is 1. The number of nitrogens with zero attached hydrogens (tertiary/aromatic N) is 3. The lowest BCUT2D eigenvalue weighted by molar-refractivity contribution is 0.152. The molecule has 0 spiro atoms. The average molecular weight is 599 g/mol. The predicted molar refractivity (Wildman–Crippen MR) is 180 cm³/mol. The molecule has 0 amide bonds. The number of hydrogen-bond donors (Lipinski definition) is 1. The number of piperidine rings is 1. The van der Waals surface area contributed by atoms with Gasteiger partial charge in [-0.2, -0.15) is 0 Å². The maximum Gasteiger partial charge on any atom is 0.196 e. The summed E-state index contributed by atoms with van der Waals surface area (Å²) in [5.41, 5.74) is 5.87. The first-order valence-corrected chi connectivity index (χ1v) is 18.3. The van der Waals surface area contributed by atoms with Gasteiger partial charge in [0.1, 0.15) is 11.3 Å². The molecule has 0 aliphatic carbocycles. The van der Waals surface area contributed by atoms with E-state index in [-0.39, 0.29) is 22.6 Å². The number of rotatable bonds is 7. The number of pyridine rings is 2. The van der Waals surface area contributed by atoms with Crippen LogP contribution in [0, 0.1) is 20.8 Å². The van der Waals surface area contributed by atoms with Crippen LogP contribution in [0.2, 0.25) is 18.1 Å². The fourth-order valence-electron chi connectivity index (χ4n) is 5.65. The number of aromatic nitrogens is 2. The quantitative estimate of drug-likeness (QED) is 0.214. The van der Waals surface area contributed by atoms with Crippen molar-refractivity contribution >= 4 is 30.8 Å². The molecular formula is C35H46N4O3Si. The van der Waals surface area contributed by atoms with Gasteiger partial charge in [-0.3, -0.25) is 9.78 Å². The van der Waals surface area contributed by atoms with Gasteiger partial charge in [-0.15, -0.1) is 0 Å². The van der Waals surface area contributed by atoms with Gasteiger partial charge in [-0.25, -0.2) is 4.98 Å². The largest absolute Gasteiger partial charge is 0.455 e. The zero-order chi connectivity index (χ0) is 31.1. The lowest BCUT2D eigenvalue weighted by atomic mass is 9.99. The Kier molecular flexibility index (Phi) is 8.56. The summed E-state index contributed by atoms with van der Waals surface area (Å²) < 4.78 is 13.3. The second-order valence-corrected chi connectivity index (χ2v) is 18.4. The summed E-state index contributed by atoms with van der Waals surface area (Å²) in [6, 6.07) is 11.8. The van der Waals surface area contributed by atoms with Crippen LogP contribution in [0.15, 0.2) is 58.0 Å². The molecule has 1 atom stereocenters. The fraction of sp³-hybridized carbons (Fsp3) is 0.457. The van der Waals surface area contributed by atoms with Gasteiger partial charge in [0.25, 0.3) is 0 Å². The zero-order valence-corrected chi connectivity index (χ0v) is 28.2. The average Bonchev–Trinajstić information content (AvgIpc) is 2.96. The van der Waals surface area contributed by atoms with Crippen LogP contribution in [0.5, 0.6) is 0 Å². The molecule has 5 rings (SSSR count). The number of nitrogens with one attached hydrogen (secondary N) is 1. The minimum Gasteiger partial charge on any atom is -0.455 e. The highest BCUT2D eigenvalue weighted by atomic mass is 28.4. The van der Waals surface area contributed by atoms with Gasteiger partial charge in [0.2, 0.25) is 0 Å². The van der Waals surface area contributed by atoms with E-state index < -0.39 is 8.32 Å². The van der Waals surface area contributed by atoms with Crippen molar-refractivity contribution in [2.24, 2.45) is 0 Å². The predicted octanol–water partition coefficient (Wildman–Crippen LogP) is 8.34. The van der Waals surface area contributed by atoms with Crippen molar-refractivity contribution < 1.29 is 8.84 Å². The van der Waals surface area contributed by atoms with Crippen molar-refractivity contribution in [2.45, 2.75) is 91.6 Å². The van der Waals surface area contributed by atoms with Crippen molar-refractivity contribution in [1.29, 1.82) is 0 Å². The lowest BCUT2D eigenvalue weighted by Crippen LogP contribution is -2.47. The summed E-state index contributed by atoms with van der Waals surface area (Å²) in [5.74, 6) is 1.52. The number of aryl methyl sites for hydroxylation is 2. The van der Waals surface area contributed by atoms with Gasteiger partial charge < -0.3 is 19.1 Å². The summed E-state index contributed by atoms with van der Waals surface area (Å²) in [4.78, 5) is 25.2. The molecule has 43 heavy (non-hydrogen) atoms. The highest BCUT2D eigenvalue weighted by molar-refractivity contribution is 6.74. The highest BCUT2D eigenvalue weighted by Crippen LogP contribution is 2.39. The van der Waals surface area contributed by atoms with Gasteiger partial charge in [0.15, 0.2) is 19.6 Å². The normalized spacial score (nSPS) is 15.6. The first-order chi connectivity index (χ1) is 20.2. The standard InChI is InChI=1S/C35H46N4O3Si/c1-22-19-28(33-29(20-22)31(40)24(3)32(41-33)26-11-10-16-36-21-26)25(4)38-30-13-12-23(2)37-34(30)39-17-14-27(15-18-39)42-43(8,9)35(5,6)7/h10-13,16,19-21,25,27,38H,14-15,17-18H2,1-9H3/t25-/m1/s1. The van der Waals surface area contributed by atoms with Crippen LogP contribution in [0.1, 0.15) is 69.0 Å². The molecule has 1 saturated heterocycles. The summed E-state index contributed by atoms with van der Waals surface area (Å²) in [6.45, 7) is 21.4. The fourth-order valence-corrected chi connectivity index (χ4v) is 7.07. The van der Waals surface area contributed by atoms with Crippen molar-refractivity contribution in [3.05, 3.63) is 81.4 Å². The van der Waals surface area contributed by atoms with E-state index in [9.17, 15) is 4.79 Å². The maximum atomic E-state index is 13.5. The Morgan fingerprint density at radius 3 is 2.47 bits per heavy atom. The molecule has 1 aliphatic rings. The smallest absolute Gasteiger partial charge is 0.196 e. The first-order valence-electron chi connectivity index (χ1n) is 15.4. The Morgan fingerprint density at radius 2 is 1.81 bits per heavy atom. The number of hydrogen-bond acceptors (Lipinski definition) is 7. The van der Waals surface area contributed by atoms with Crippen LogP contribution in [0.25, 0.3) is 22.3 Å². The maximum absolute atomic E-state index is 13.5. The molecule has 0 bridgehead atoms. The van der Waals surface area contributed by atoms with E-state index in [1.807, 2.05) is 45.0 Å². The van der Waals surface area contributed by atoms with Gasteiger partial charge in [0.05, 0.1) is 17.1 Å². The minimum atomic E-state index is -1.81. The van der Waals surface area contributed by atoms with Crippen LogP contribution in [-0.4, -0.2) is 37.5 Å². The molecule has 1 aromatic carbocycles. The molecule has 0 radical (unpaired) electrons. The Labute approximate surface area is 256 Å². The highest BCUT2D eigenvalue weighted by Gasteiger charge is 2.40. The molecule has 1 fully saturated rings. The van der Waals surface area contributed by atoms with E-state index in [0.717, 1.165) is 59.8 Å². The topological polar surface area (TPSA) is 80.5 Å². The van der Waals surface area contributed by atoms with Gasteiger partial charge in [-0.05, 0) is 94.6 Å². The lowest BCUT2D eigenvalue weighted by Gasteiger charge is -2.42.